The maximum absolute atomic E-state index is 12.2. The summed E-state index contributed by atoms with van der Waals surface area (Å²) < 4.78 is 7.78. The van der Waals surface area contributed by atoms with Gasteiger partial charge in [-0.25, -0.2) is 4.98 Å². The lowest BCUT2D eigenvalue weighted by molar-refractivity contribution is -0.00295. The lowest BCUT2D eigenvalue weighted by Gasteiger charge is -2.28. The molecule has 1 aliphatic carbocycles. The highest BCUT2D eigenvalue weighted by molar-refractivity contribution is 5.92. The zero-order valence-electron chi connectivity index (χ0n) is 13.9. The molecule has 1 fully saturated rings. The Bertz CT molecular complexity index is 680. The second-order valence-corrected chi connectivity index (χ2v) is 6.52. The topological polar surface area (TPSA) is 55.6 Å². The molecule has 1 aliphatic rings. The smallest absolute Gasteiger partial charge is 0.271 e. The third kappa shape index (κ3) is 3.91. The van der Waals surface area contributed by atoms with Crippen molar-refractivity contribution in [2.24, 2.45) is 5.92 Å². The Labute approximate surface area is 137 Å². The van der Waals surface area contributed by atoms with E-state index in [0.29, 0.717) is 30.9 Å². The number of imidazole rings is 1. The summed E-state index contributed by atoms with van der Waals surface area (Å²) in [6.07, 6.45) is 8.97. The molecule has 0 unspecified atom stereocenters. The van der Waals surface area contributed by atoms with Crippen LogP contribution >= 0.6 is 0 Å². The zero-order chi connectivity index (χ0) is 16.2. The Hall–Kier alpha value is -1.88. The van der Waals surface area contributed by atoms with Gasteiger partial charge in [0, 0.05) is 18.9 Å². The van der Waals surface area contributed by atoms with Crippen LogP contribution in [-0.2, 0) is 4.74 Å². The van der Waals surface area contributed by atoms with Crippen molar-refractivity contribution in [3.05, 3.63) is 35.8 Å². The molecule has 1 saturated carbocycles. The van der Waals surface area contributed by atoms with E-state index in [-0.39, 0.29) is 5.91 Å². The van der Waals surface area contributed by atoms with Crippen molar-refractivity contribution >= 4 is 11.6 Å². The van der Waals surface area contributed by atoms with Crippen molar-refractivity contribution in [2.75, 3.05) is 13.2 Å². The molecule has 5 nitrogen and oxygen atoms in total. The number of carbonyl (C=O) groups excluding carboxylic acids is 1. The highest BCUT2D eigenvalue weighted by atomic mass is 16.5. The molecule has 0 bridgehead atoms. The van der Waals surface area contributed by atoms with E-state index in [1.54, 1.807) is 6.20 Å². The molecule has 2 atom stereocenters. The second-order valence-electron chi connectivity index (χ2n) is 6.52. The fourth-order valence-corrected chi connectivity index (χ4v) is 3.19. The minimum absolute atomic E-state index is 0.147. The normalized spacial score (nSPS) is 21.5. The number of carbonyl (C=O) groups is 1. The summed E-state index contributed by atoms with van der Waals surface area (Å²) in [6.45, 7) is 5.35. The van der Waals surface area contributed by atoms with Crippen LogP contribution in [0.2, 0.25) is 0 Å². The SMILES string of the molecule is Cc1ccn2cc(C(=O)NCCO[C@H]3CCCC[C@H]3C)nc2c1. The average molecular weight is 315 g/mol. The summed E-state index contributed by atoms with van der Waals surface area (Å²) in [5.41, 5.74) is 2.37. The van der Waals surface area contributed by atoms with E-state index in [0.717, 1.165) is 17.6 Å². The van der Waals surface area contributed by atoms with Gasteiger partial charge in [-0.05, 0) is 43.4 Å². The number of nitrogens with one attached hydrogen (secondary N) is 1. The quantitative estimate of drug-likeness (QED) is 0.863. The number of hydrogen-bond donors (Lipinski definition) is 1. The molecule has 2 aromatic rings. The van der Waals surface area contributed by atoms with Gasteiger partial charge in [0.15, 0.2) is 0 Å². The Morgan fingerprint density at radius 1 is 1.43 bits per heavy atom. The first-order chi connectivity index (χ1) is 11.1. The van der Waals surface area contributed by atoms with Gasteiger partial charge >= 0.3 is 0 Å². The third-order valence-electron chi connectivity index (χ3n) is 4.60. The van der Waals surface area contributed by atoms with Crippen LogP contribution in [0.5, 0.6) is 0 Å². The number of aryl methyl sites for hydroxylation is 1. The van der Waals surface area contributed by atoms with Crippen molar-refractivity contribution in [3.63, 3.8) is 0 Å². The van der Waals surface area contributed by atoms with Crippen LogP contribution in [0.4, 0.5) is 0 Å². The fourth-order valence-electron chi connectivity index (χ4n) is 3.19. The van der Waals surface area contributed by atoms with Gasteiger partial charge < -0.3 is 14.5 Å². The van der Waals surface area contributed by atoms with Gasteiger partial charge in [-0.3, -0.25) is 4.79 Å². The summed E-state index contributed by atoms with van der Waals surface area (Å²) in [4.78, 5) is 16.5. The largest absolute Gasteiger partial charge is 0.376 e. The fraction of sp³-hybridized carbons (Fsp3) is 0.556. The van der Waals surface area contributed by atoms with Crippen molar-refractivity contribution in [1.29, 1.82) is 0 Å². The predicted molar refractivity (Wildman–Crippen MR) is 89.6 cm³/mol. The highest BCUT2D eigenvalue weighted by Crippen LogP contribution is 2.25. The molecule has 2 aromatic heterocycles. The molecule has 1 amide bonds. The molecule has 0 saturated heterocycles. The van der Waals surface area contributed by atoms with Gasteiger partial charge in [0.2, 0.25) is 0 Å². The molecule has 0 aliphatic heterocycles. The Kier molecular flexibility index (Phi) is 4.96. The summed E-state index contributed by atoms with van der Waals surface area (Å²) >= 11 is 0. The van der Waals surface area contributed by atoms with Gasteiger partial charge in [-0.2, -0.15) is 0 Å². The van der Waals surface area contributed by atoms with Crippen LogP contribution < -0.4 is 5.32 Å². The van der Waals surface area contributed by atoms with Crippen molar-refractivity contribution in [3.8, 4) is 0 Å². The second kappa shape index (κ2) is 7.13. The lowest BCUT2D eigenvalue weighted by Crippen LogP contribution is -2.31. The lowest BCUT2D eigenvalue weighted by atomic mass is 9.88. The summed E-state index contributed by atoms with van der Waals surface area (Å²) in [6, 6.07) is 3.96. The average Bonchev–Trinajstić information content (AvgIpc) is 2.96. The third-order valence-corrected chi connectivity index (χ3v) is 4.60. The molecule has 3 rings (SSSR count). The number of rotatable bonds is 5. The monoisotopic (exact) mass is 315 g/mol. The van der Waals surface area contributed by atoms with Crippen LogP contribution in [-0.4, -0.2) is 34.5 Å². The van der Waals surface area contributed by atoms with E-state index < -0.39 is 0 Å². The molecule has 5 heteroatoms. The molecule has 23 heavy (non-hydrogen) atoms. The molecule has 1 N–H and O–H groups in total. The summed E-state index contributed by atoms with van der Waals surface area (Å²) in [7, 11) is 0. The van der Waals surface area contributed by atoms with Crippen LogP contribution in [0.3, 0.4) is 0 Å². The van der Waals surface area contributed by atoms with E-state index in [1.807, 2.05) is 29.7 Å². The van der Waals surface area contributed by atoms with Crippen molar-refractivity contribution < 1.29 is 9.53 Å². The van der Waals surface area contributed by atoms with Crippen LogP contribution in [0.25, 0.3) is 5.65 Å². The summed E-state index contributed by atoms with van der Waals surface area (Å²) in [5, 5.41) is 2.89. The molecule has 2 heterocycles. The minimum atomic E-state index is -0.147. The molecular formula is C18H25N3O2. The molecule has 0 radical (unpaired) electrons. The van der Waals surface area contributed by atoms with Crippen molar-refractivity contribution in [2.45, 2.75) is 45.6 Å². The van der Waals surface area contributed by atoms with E-state index in [4.69, 9.17) is 4.74 Å². The number of pyridine rings is 1. The Morgan fingerprint density at radius 3 is 3.09 bits per heavy atom. The zero-order valence-corrected chi connectivity index (χ0v) is 13.9. The predicted octanol–water partition coefficient (Wildman–Crippen LogP) is 2.97. The van der Waals surface area contributed by atoms with Crippen LogP contribution in [0.15, 0.2) is 24.5 Å². The number of ether oxygens (including phenoxy) is 1. The van der Waals surface area contributed by atoms with Gasteiger partial charge in [0.25, 0.3) is 5.91 Å². The first-order valence-corrected chi connectivity index (χ1v) is 8.48. The molecule has 0 spiro atoms. The minimum Gasteiger partial charge on any atom is -0.376 e. The van der Waals surface area contributed by atoms with Gasteiger partial charge in [-0.15, -0.1) is 0 Å². The maximum atomic E-state index is 12.2. The molecule has 0 aromatic carbocycles. The van der Waals surface area contributed by atoms with Gasteiger partial charge in [-0.1, -0.05) is 19.8 Å². The molecular weight excluding hydrogens is 290 g/mol. The van der Waals surface area contributed by atoms with E-state index in [9.17, 15) is 4.79 Å². The number of aromatic nitrogens is 2. The number of nitrogens with zero attached hydrogens (tertiary/aromatic N) is 2. The van der Waals surface area contributed by atoms with Crippen LogP contribution in [0, 0.1) is 12.8 Å². The van der Waals surface area contributed by atoms with Crippen LogP contribution in [0.1, 0.15) is 48.7 Å². The van der Waals surface area contributed by atoms with E-state index in [2.05, 4.69) is 17.2 Å². The maximum Gasteiger partial charge on any atom is 0.271 e. The Balaban J connectivity index is 1.48. The Morgan fingerprint density at radius 2 is 2.26 bits per heavy atom. The number of fused-ring (bicyclic) bond motifs is 1. The first-order valence-electron chi connectivity index (χ1n) is 8.48. The van der Waals surface area contributed by atoms with E-state index in [1.165, 1.54) is 19.3 Å². The first kappa shape index (κ1) is 16.0. The summed E-state index contributed by atoms with van der Waals surface area (Å²) in [5.74, 6) is 0.479. The van der Waals surface area contributed by atoms with E-state index >= 15 is 0 Å². The number of hydrogen-bond acceptors (Lipinski definition) is 3. The van der Waals surface area contributed by atoms with Gasteiger partial charge in [0.05, 0.1) is 12.7 Å². The van der Waals surface area contributed by atoms with Gasteiger partial charge in [0.1, 0.15) is 11.3 Å². The number of amides is 1. The molecule has 124 valence electrons. The standard InChI is InChI=1S/C18H25N3O2/c1-13-7-9-21-12-15(20-17(21)11-13)18(22)19-8-10-23-16-6-4-3-5-14(16)2/h7,9,11-12,14,16H,3-6,8,10H2,1-2H3,(H,19,22)/t14-,16+/m1/s1. The highest BCUT2D eigenvalue weighted by Gasteiger charge is 2.21. The van der Waals surface area contributed by atoms with Crippen molar-refractivity contribution in [1.82, 2.24) is 14.7 Å².